The Bertz CT molecular complexity index is 1100. The number of sulfone groups is 1. The summed E-state index contributed by atoms with van der Waals surface area (Å²) in [5.41, 5.74) is 6.66. The van der Waals surface area contributed by atoms with Gasteiger partial charge in [0, 0.05) is 5.56 Å². The SMILES string of the molecule is CC1(c2cc(-c3cccc(C#N)c3)ccc2F)CS(=O)(=O)C(C)(C)C(N)=N1. The summed E-state index contributed by atoms with van der Waals surface area (Å²) in [7, 11) is -3.64. The molecule has 0 radical (unpaired) electrons. The van der Waals surface area contributed by atoms with Crippen LogP contribution in [0.1, 0.15) is 31.9 Å². The first-order chi connectivity index (χ1) is 12.5. The molecule has 3 rings (SSSR count). The lowest BCUT2D eigenvalue weighted by Gasteiger charge is -2.38. The molecule has 0 saturated carbocycles. The van der Waals surface area contributed by atoms with Crippen molar-refractivity contribution in [3.8, 4) is 17.2 Å². The Morgan fingerprint density at radius 2 is 1.81 bits per heavy atom. The van der Waals surface area contributed by atoms with E-state index in [9.17, 15) is 12.8 Å². The molecule has 2 N–H and O–H groups in total. The summed E-state index contributed by atoms with van der Waals surface area (Å²) in [4.78, 5) is 4.39. The maximum absolute atomic E-state index is 14.7. The number of aliphatic imine (C=N–C) groups is 1. The number of hydrogen-bond donors (Lipinski definition) is 1. The molecule has 1 atom stereocenters. The van der Waals surface area contributed by atoms with Gasteiger partial charge in [0.25, 0.3) is 0 Å². The van der Waals surface area contributed by atoms with Crippen molar-refractivity contribution in [3.05, 3.63) is 59.4 Å². The van der Waals surface area contributed by atoms with Gasteiger partial charge in [-0.1, -0.05) is 18.2 Å². The standard InChI is InChI=1S/C20H20FN3O2S/c1-19(2)18(23)24-20(3,12-27(19,25)26)16-10-15(7-8-17(16)21)14-6-4-5-13(9-14)11-22/h4-10H,12H2,1-3H3,(H2,23,24). The molecule has 2 aromatic rings. The lowest BCUT2D eigenvalue weighted by atomic mass is 9.90. The highest BCUT2D eigenvalue weighted by molar-refractivity contribution is 7.93. The Kier molecular flexibility index (Phi) is 4.35. The Morgan fingerprint density at radius 3 is 2.44 bits per heavy atom. The molecule has 0 saturated heterocycles. The second-order valence-electron chi connectivity index (χ2n) is 7.43. The molecule has 1 heterocycles. The van der Waals surface area contributed by atoms with Crippen LogP contribution >= 0.6 is 0 Å². The van der Waals surface area contributed by atoms with E-state index in [0.29, 0.717) is 11.1 Å². The number of nitrogens with two attached hydrogens (primary N) is 1. The second kappa shape index (κ2) is 6.17. The lowest BCUT2D eigenvalue weighted by Crippen LogP contribution is -2.54. The topological polar surface area (TPSA) is 96.3 Å². The molecule has 5 nitrogen and oxygen atoms in total. The van der Waals surface area contributed by atoms with Crippen LogP contribution in [0.3, 0.4) is 0 Å². The summed E-state index contributed by atoms with van der Waals surface area (Å²) in [5.74, 6) is -0.927. The fourth-order valence-electron chi connectivity index (χ4n) is 3.17. The average Bonchev–Trinajstić information content (AvgIpc) is 2.60. The summed E-state index contributed by atoms with van der Waals surface area (Å²) in [6.07, 6.45) is 0. The van der Waals surface area contributed by atoms with Gasteiger partial charge in [-0.2, -0.15) is 5.26 Å². The molecule has 1 aliphatic heterocycles. The van der Waals surface area contributed by atoms with Gasteiger partial charge in [-0.25, -0.2) is 12.8 Å². The van der Waals surface area contributed by atoms with Gasteiger partial charge in [0.2, 0.25) is 0 Å². The van der Waals surface area contributed by atoms with Crippen molar-refractivity contribution in [1.29, 1.82) is 5.26 Å². The maximum atomic E-state index is 14.7. The summed E-state index contributed by atoms with van der Waals surface area (Å²) in [5, 5.41) is 9.08. The molecular formula is C20H20FN3O2S. The molecular weight excluding hydrogens is 365 g/mol. The zero-order valence-corrected chi connectivity index (χ0v) is 16.1. The van der Waals surface area contributed by atoms with E-state index in [2.05, 4.69) is 11.1 Å². The third-order valence-electron chi connectivity index (χ3n) is 5.10. The Balaban J connectivity index is 2.18. The molecule has 7 heteroatoms. The largest absolute Gasteiger partial charge is 0.386 e. The van der Waals surface area contributed by atoms with Gasteiger partial charge in [-0.3, -0.25) is 4.99 Å². The van der Waals surface area contributed by atoms with E-state index < -0.39 is 25.9 Å². The molecule has 0 aromatic heterocycles. The highest BCUT2D eigenvalue weighted by atomic mass is 32.2. The molecule has 140 valence electrons. The molecule has 1 unspecified atom stereocenters. The van der Waals surface area contributed by atoms with Crippen molar-refractivity contribution in [3.63, 3.8) is 0 Å². The first kappa shape index (κ1) is 19.1. The van der Waals surface area contributed by atoms with E-state index >= 15 is 0 Å². The predicted molar refractivity (Wildman–Crippen MR) is 103 cm³/mol. The minimum Gasteiger partial charge on any atom is -0.386 e. The Labute approximate surface area is 158 Å². The zero-order chi connectivity index (χ0) is 20.0. The molecule has 0 bridgehead atoms. The van der Waals surface area contributed by atoms with Crippen LogP contribution in [0.15, 0.2) is 47.5 Å². The number of nitriles is 1. The zero-order valence-electron chi connectivity index (χ0n) is 15.3. The second-order valence-corrected chi connectivity index (χ2v) is 9.97. The molecule has 27 heavy (non-hydrogen) atoms. The fourth-order valence-corrected chi connectivity index (χ4v) is 4.85. The van der Waals surface area contributed by atoms with E-state index in [1.165, 1.54) is 19.9 Å². The summed E-state index contributed by atoms with van der Waals surface area (Å²) in [6, 6.07) is 13.4. The normalized spacial score (nSPS) is 23.3. The Morgan fingerprint density at radius 1 is 1.15 bits per heavy atom. The van der Waals surface area contributed by atoms with Crippen LogP contribution in [0.4, 0.5) is 4.39 Å². The molecule has 1 aliphatic rings. The van der Waals surface area contributed by atoms with Gasteiger partial charge in [0.1, 0.15) is 21.9 Å². The van der Waals surface area contributed by atoms with Gasteiger partial charge in [0.15, 0.2) is 9.84 Å². The number of amidine groups is 1. The van der Waals surface area contributed by atoms with E-state index in [0.717, 1.165) is 5.56 Å². The first-order valence-corrected chi connectivity index (χ1v) is 10.0. The minimum absolute atomic E-state index is 0.0347. The number of benzene rings is 2. The monoisotopic (exact) mass is 385 g/mol. The van der Waals surface area contributed by atoms with Crippen molar-refractivity contribution < 1.29 is 12.8 Å². The summed E-state index contributed by atoms with van der Waals surface area (Å²) < 4.78 is 38.9. The van der Waals surface area contributed by atoms with Crippen molar-refractivity contribution >= 4 is 15.7 Å². The number of rotatable bonds is 2. The molecule has 2 aromatic carbocycles. The number of nitrogens with zero attached hydrogens (tertiary/aromatic N) is 2. The molecule has 0 spiro atoms. The van der Waals surface area contributed by atoms with E-state index in [1.54, 1.807) is 43.3 Å². The first-order valence-electron chi connectivity index (χ1n) is 8.39. The molecule has 0 amide bonds. The smallest absolute Gasteiger partial charge is 0.165 e. The van der Waals surface area contributed by atoms with Crippen molar-refractivity contribution in [2.45, 2.75) is 31.1 Å². The summed E-state index contributed by atoms with van der Waals surface area (Å²) in [6.45, 7) is 4.57. The molecule has 0 aliphatic carbocycles. The van der Waals surface area contributed by atoms with Crippen LogP contribution in [-0.2, 0) is 15.4 Å². The van der Waals surface area contributed by atoms with Crippen LogP contribution in [-0.4, -0.2) is 24.8 Å². The van der Waals surface area contributed by atoms with Gasteiger partial charge in [-0.15, -0.1) is 0 Å². The van der Waals surface area contributed by atoms with Gasteiger partial charge < -0.3 is 5.73 Å². The van der Waals surface area contributed by atoms with E-state index in [-0.39, 0.29) is 17.2 Å². The lowest BCUT2D eigenvalue weighted by molar-refractivity contribution is 0.476. The predicted octanol–water partition coefficient (Wildman–Crippen LogP) is 3.14. The van der Waals surface area contributed by atoms with Crippen LogP contribution < -0.4 is 5.73 Å². The minimum atomic E-state index is -3.64. The fraction of sp³-hybridized carbons (Fsp3) is 0.300. The quantitative estimate of drug-likeness (QED) is 0.859. The van der Waals surface area contributed by atoms with Crippen LogP contribution in [0.2, 0.25) is 0 Å². The van der Waals surface area contributed by atoms with Crippen molar-refractivity contribution in [1.82, 2.24) is 0 Å². The van der Waals surface area contributed by atoms with Crippen LogP contribution in [0.25, 0.3) is 11.1 Å². The highest BCUT2D eigenvalue weighted by Gasteiger charge is 2.49. The Hall–Kier alpha value is -2.72. The van der Waals surface area contributed by atoms with E-state index in [4.69, 9.17) is 11.0 Å². The van der Waals surface area contributed by atoms with E-state index in [1.807, 2.05) is 0 Å². The summed E-state index contributed by atoms with van der Waals surface area (Å²) >= 11 is 0. The van der Waals surface area contributed by atoms with Gasteiger partial charge in [-0.05, 0) is 56.2 Å². The average molecular weight is 385 g/mol. The highest BCUT2D eigenvalue weighted by Crippen LogP contribution is 2.39. The number of halogens is 1. The van der Waals surface area contributed by atoms with Crippen molar-refractivity contribution in [2.24, 2.45) is 10.7 Å². The van der Waals surface area contributed by atoms with Crippen LogP contribution in [0, 0.1) is 17.1 Å². The third-order valence-corrected chi connectivity index (χ3v) is 7.81. The van der Waals surface area contributed by atoms with Gasteiger partial charge in [0.05, 0.1) is 17.4 Å². The third kappa shape index (κ3) is 3.10. The number of hydrogen-bond acceptors (Lipinski definition) is 5. The maximum Gasteiger partial charge on any atom is 0.165 e. The van der Waals surface area contributed by atoms with Gasteiger partial charge >= 0.3 is 0 Å². The van der Waals surface area contributed by atoms with Crippen LogP contribution in [0.5, 0.6) is 0 Å². The molecule has 0 fully saturated rings. The van der Waals surface area contributed by atoms with Crippen molar-refractivity contribution in [2.75, 3.05) is 5.75 Å².